The molecule has 17 heavy (non-hydrogen) atoms. The molecule has 0 spiro atoms. The fraction of sp³-hybridized carbons (Fsp3) is 0.385. The first kappa shape index (κ1) is 12.5. The zero-order valence-corrected chi connectivity index (χ0v) is 10.5. The standard InChI is InChI=1S/C13H15F2NS/c1-2-4-16-5-3-9-8-17-13-11(9)6-10(14)7-12(13)15/h6-8,16H,2-5H2,1H3. The average Bonchev–Trinajstić information content (AvgIpc) is 2.68. The van der Waals surface area contributed by atoms with Gasteiger partial charge in [-0.2, -0.15) is 0 Å². The molecule has 0 amide bonds. The number of hydrogen-bond acceptors (Lipinski definition) is 2. The molecule has 0 aliphatic heterocycles. The van der Waals surface area contributed by atoms with E-state index in [9.17, 15) is 8.78 Å². The first-order valence-electron chi connectivity index (χ1n) is 5.78. The van der Waals surface area contributed by atoms with Gasteiger partial charge in [0.05, 0.1) is 4.70 Å². The third kappa shape index (κ3) is 2.82. The molecule has 92 valence electrons. The van der Waals surface area contributed by atoms with Crippen LogP contribution >= 0.6 is 11.3 Å². The Balaban J connectivity index is 2.18. The average molecular weight is 255 g/mol. The van der Waals surface area contributed by atoms with Gasteiger partial charge < -0.3 is 5.32 Å². The fourth-order valence-electron chi connectivity index (χ4n) is 1.83. The van der Waals surface area contributed by atoms with Crippen molar-refractivity contribution >= 4 is 21.4 Å². The lowest BCUT2D eigenvalue weighted by Crippen LogP contribution is -2.17. The summed E-state index contributed by atoms with van der Waals surface area (Å²) in [7, 11) is 0. The van der Waals surface area contributed by atoms with Gasteiger partial charge in [-0.05, 0) is 42.9 Å². The highest BCUT2D eigenvalue weighted by molar-refractivity contribution is 7.17. The van der Waals surface area contributed by atoms with Gasteiger partial charge in [-0.25, -0.2) is 8.78 Å². The van der Waals surface area contributed by atoms with E-state index in [1.54, 1.807) is 0 Å². The fourth-order valence-corrected chi connectivity index (χ4v) is 2.82. The molecule has 2 aromatic rings. The van der Waals surface area contributed by atoms with Crippen molar-refractivity contribution < 1.29 is 8.78 Å². The Labute approximate surface area is 103 Å². The van der Waals surface area contributed by atoms with E-state index in [1.165, 1.54) is 17.4 Å². The molecule has 1 aromatic heterocycles. The maximum Gasteiger partial charge on any atom is 0.143 e. The predicted octanol–water partition coefficient (Wildman–Crippen LogP) is 3.72. The first-order valence-corrected chi connectivity index (χ1v) is 6.66. The first-order chi connectivity index (χ1) is 8.22. The lowest BCUT2D eigenvalue weighted by atomic mass is 10.1. The summed E-state index contributed by atoms with van der Waals surface area (Å²) in [5.74, 6) is -0.964. The van der Waals surface area contributed by atoms with E-state index in [4.69, 9.17) is 0 Å². The largest absolute Gasteiger partial charge is 0.316 e. The van der Waals surface area contributed by atoms with Crippen LogP contribution in [0.15, 0.2) is 17.5 Å². The van der Waals surface area contributed by atoms with Crippen LogP contribution in [0.4, 0.5) is 8.78 Å². The van der Waals surface area contributed by atoms with Crippen molar-refractivity contribution in [2.24, 2.45) is 0 Å². The molecule has 4 heteroatoms. The van der Waals surface area contributed by atoms with Crippen molar-refractivity contribution in [2.45, 2.75) is 19.8 Å². The van der Waals surface area contributed by atoms with Crippen LogP contribution in [0, 0.1) is 11.6 Å². The molecule has 0 saturated heterocycles. The quantitative estimate of drug-likeness (QED) is 0.803. The predicted molar refractivity (Wildman–Crippen MR) is 68.6 cm³/mol. The minimum atomic E-state index is -0.504. The van der Waals surface area contributed by atoms with Crippen molar-refractivity contribution in [1.82, 2.24) is 5.32 Å². The molecular weight excluding hydrogens is 240 g/mol. The number of rotatable bonds is 5. The summed E-state index contributed by atoms with van der Waals surface area (Å²) in [6.07, 6.45) is 1.90. The Morgan fingerprint density at radius 2 is 2.06 bits per heavy atom. The number of benzene rings is 1. The number of thiophene rings is 1. The van der Waals surface area contributed by atoms with Crippen LogP contribution < -0.4 is 5.32 Å². The SMILES string of the molecule is CCCNCCc1csc2c(F)cc(F)cc12. The van der Waals surface area contributed by atoms with Gasteiger partial charge in [-0.3, -0.25) is 0 Å². The second-order valence-corrected chi connectivity index (χ2v) is 4.90. The summed E-state index contributed by atoms with van der Waals surface area (Å²) >= 11 is 1.34. The lowest BCUT2D eigenvalue weighted by molar-refractivity contribution is 0.593. The van der Waals surface area contributed by atoms with Gasteiger partial charge in [0.2, 0.25) is 0 Å². The Kier molecular flexibility index (Phi) is 4.07. The van der Waals surface area contributed by atoms with Crippen molar-refractivity contribution in [3.63, 3.8) is 0 Å². The van der Waals surface area contributed by atoms with Crippen LogP contribution in [0.25, 0.3) is 10.1 Å². The van der Waals surface area contributed by atoms with Crippen molar-refractivity contribution in [2.75, 3.05) is 13.1 Å². The summed E-state index contributed by atoms with van der Waals surface area (Å²) in [6.45, 7) is 3.93. The Morgan fingerprint density at radius 3 is 2.82 bits per heavy atom. The third-order valence-corrected chi connectivity index (χ3v) is 3.72. The monoisotopic (exact) mass is 255 g/mol. The molecule has 1 nitrogen and oxygen atoms in total. The molecule has 0 fully saturated rings. The van der Waals surface area contributed by atoms with E-state index in [1.807, 2.05) is 5.38 Å². The van der Waals surface area contributed by atoms with Gasteiger partial charge >= 0.3 is 0 Å². The molecule has 0 aliphatic carbocycles. The van der Waals surface area contributed by atoms with Crippen LogP contribution in [-0.2, 0) is 6.42 Å². The van der Waals surface area contributed by atoms with Gasteiger partial charge in [0.25, 0.3) is 0 Å². The highest BCUT2D eigenvalue weighted by atomic mass is 32.1. The summed E-state index contributed by atoms with van der Waals surface area (Å²) in [5, 5.41) is 5.92. The van der Waals surface area contributed by atoms with Crippen molar-refractivity contribution in [1.29, 1.82) is 0 Å². The van der Waals surface area contributed by atoms with E-state index in [2.05, 4.69) is 12.2 Å². The maximum atomic E-state index is 13.5. The zero-order chi connectivity index (χ0) is 12.3. The smallest absolute Gasteiger partial charge is 0.143 e. The van der Waals surface area contributed by atoms with E-state index in [0.717, 1.165) is 37.6 Å². The van der Waals surface area contributed by atoms with Gasteiger partial charge in [-0.1, -0.05) is 6.92 Å². The van der Waals surface area contributed by atoms with E-state index >= 15 is 0 Å². The summed E-state index contributed by atoms with van der Waals surface area (Å²) in [6, 6.07) is 2.36. The van der Waals surface area contributed by atoms with Crippen LogP contribution in [0.2, 0.25) is 0 Å². The number of halogens is 2. The number of fused-ring (bicyclic) bond motifs is 1. The molecule has 0 saturated carbocycles. The van der Waals surface area contributed by atoms with Crippen LogP contribution in [-0.4, -0.2) is 13.1 Å². The Hall–Kier alpha value is -1.00. The molecule has 1 N–H and O–H groups in total. The molecule has 0 unspecified atom stereocenters. The van der Waals surface area contributed by atoms with Gasteiger partial charge in [0.15, 0.2) is 0 Å². The van der Waals surface area contributed by atoms with Crippen LogP contribution in [0.5, 0.6) is 0 Å². The topological polar surface area (TPSA) is 12.0 Å². The normalized spacial score (nSPS) is 11.2. The molecule has 0 atom stereocenters. The van der Waals surface area contributed by atoms with E-state index < -0.39 is 11.6 Å². The van der Waals surface area contributed by atoms with Gasteiger partial charge in [0, 0.05) is 11.5 Å². The lowest BCUT2D eigenvalue weighted by Gasteiger charge is -2.02. The van der Waals surface area contributed by atoms with Gasteiger partial charge in [0.1, 0.15) is 11.6 Å². The molecule has 0 radical (unpaired) electrons. The van der Waals surface area contributed by atoms with Gasteiger partial charge in [-0.15, -0.1) is 11.3 Å². The zero-order valence-electron chi connectivity index (χ0n) is 9.72. The third-order valence-electron chi connectivity index (χ3n) is 2.67. The molecule has 1 heterocycles. The molecular formula is C13H15F2NS. The molecule has 0 bridgehead atoms. The molecule has 0 aliphatic rings. The minimum Gasteiger partial charge on any atom is -0.316 e. The number of nitrogens with one attached hydrogen (secondary N) is 1. The minimum absolute atomic E-state index is 0.460. The maximum absolute atomic E-state index is 13.5. The van der Waals surface area contributed by atoms with Crippen LogP contribution in [0.3, 0.4) is 0 Å². The Morgan fingerprint density at radius 1 is 1.24 bits per heavy atom. The van der Waals surface area contributed by atoms with E-state index in [-0.39, 0.29) is 0 Å². The summed E-state index contributed by atoms with van der Waals surface area (Å²) in [5.41, 5.74) is 1.02. The molecule has 2 rings (SSSR count). The van der Waals surface area contributed by atoms with Crippen molar-refractivity contribution in [3.8, 4) is 0 Å². The van der Waals surface area contributed by atoms with E-state index in [0.29, 0.717) is 10.1 Å². The Bertz CT molecular complexity index is 507. The highest BCUT2D eigenvalue weighted by Gasteiger charge is 2.09. The summed E-state index contributed by atoms with van der Waals surface area (Å²) in [4.78, 5) is 0. The summed E-state index contributed by atoms with van der Waals surface area (Å²) < 4.78 is 27.2. The number of hydrogen-bond donors (Lipinski definition) is 1. The highest BCUT2D eigenvalue weighted by Crippen LogP contribution is 2.29. The molecule has 1 aromatic carbocycles. The second-order valence-electron chi connectivity index (χ2n) is 4.03. The second kappa shape index (κ2) is 5.56. The van der Waals surface area contributed by atoms with Crippen LogP contribution in [0.1, 0.15) is 18.9 Å². The van der Waals surface area contributed by atoms with Crippen molar-refractivity contribution in [3.05, 3.63) is 34.7 Å².